The monoisotopic (exact) mass is 379 g/mol. The van der Waals surface area contributed by atoms with Crippen LogP contribution in [0.25, 0.3) is 10.2 Å². The lowest BCUT2D eigenvalue weighted by atomic mass is 10.2. The summed E-state index contributed by atoms with van der Waals surface area (Å²) in [6.45, 7) is 4.30. The van der Waals surface area contributed by atoms with Gasteiger partial charge < -0.3 is 9.84 Å². The summed E-state index contributed by atoms with van der Waals surface area (Å²) in [5.41, 5.74) is 1.41. The molecule has 9 heteroatoms. The number of carbonyl (C=O) groups excluding carboxylic acids is 1. The maximum absolute atomic E-state index is 11.7. The average Bonchev–Trinajstić information content (AvgIpc) is 3.19. The fourth-order valence-corrected chi connectivity index (χ4v) is 4.21. The summed E-state index contributed by atoms with van der Waals surface area (Å²) in [5.74, 6) is -0.221. The number of hydrogen-bond acceptors (Lipinski definition) is 7. The van der Waals surface area contributed by atoms with Crippen LogP contribution in [0, 0.1) is 5.92 Å². The third kappa shape index (κ3) is 4.29. The number of ether oxygens (including phenoxy) is 1. The van der Waals surface area contributed by atoms with Crippen LogP contribution in [0.15, 0.2) is 23.2 Å². The van der Waals surface area contributed by atoms with E-state index in [1.807, 2.05) is 26.0 Å². The highest BCUT2D eigenvalue weighted by atomic mass is 32.2. The number of nitrogens with zero attached hydrogens (tertiary/aromatic N) is 2. The van der Waals surface area contributed by atoms with Crippen LogP contribution >= 0.6 is 23.1 Å². The lowest BCUT2D eigenvalue weighted by Crippen LogP contribution is -2.17. The largest absolute Gasteiger partial charge is 0.480 e. The maximum atomic E-state index is 11.7. The van der Waals surface area contributed by atoms with E-state index in [0.29, 0.717) is 28.1 Å². The van der Waals surface area contributed by atoms with Crippen molar-refractivity contribution >= 4 is 56.1 Å². The molecule has 132 valence electrons. The molecule has 1 unspecified atom stereocenters. The van der Waals surface area contributed by atoms with Crippen LogP contribution in [0.2, 0.25) is 0 Å². The molecular weight excluding hydrogens is 362 g/mol. The molecule has 0 spiro atoms. The summed E-state index contributed by atoms with van der Waals surface area (Å²) >= 11 is 2.82. The predicted octanol–water partition coefficient (Wildman–Crippen LogP) is 3.45. The Hall–Kier alpha value is -2.13. The average molecular weight is 379 g/mol. The van der Waals surface area contributed by atoms with Crippen molar-refractivity contribution in [1.29, 1.82) is 0 Å². The Balaban J connectivity index is 1.75. The molecule has 2 heterocycles. The molecule has 0 fully saturated rings. The molecule has 1 aromatic carbocycles. The second-order valence-electron chi connectivity index (χ2n) is 5.92. The Bertz CT molecular complexity index is 847. The van der Waals surface area contributed by atoms with Crippen molar-refractivity contribution in [3.63, 3.8) is 0 Å². The van der Waals surface area contributed by atoms with Gasteiger partial charge >= 0.3 is 12.1 Å². The molecule has 1 aromatic heterocycles. The molecule has 1 aliphatic heterocycles. The molecule has 0 saturated carbocycles. The normalized spacial score (nSPS) is 16.9. The molecule has 2 aromatic rings. The maximum Gasteiger partial charge on any atom is 0.411 e. The lowest BCUT2D eigenvalue weighted by molar-refractivity contribution is -0.137. The smallest absolute Gasteiger partial charge is 0.411 e. The fourth-order valence-electron chi connectivity index (χ4n) is 2.11. The molecule has 3 rings (SSSR count). The van der Waals surface area contributed by atoms with E-state index in [2.05, 4.69) is 15.3 Å². The third-order valence-corrected chi connectivity index (χ3v) is 5.51. The number of aliphatic carboxylic acids is 1. The van der Waals surface area contributed by atoms with Crippen LogP contribution in [0.1, 0.15) is 18.9 Å². The molecule has 1 amide bonds. The Labute approximate surface area is 152 Å². The minimum absolute atomic E-state index is 0.275. The number of carboxylic acids is 1. The van der Waals surface area contributed by atoms with Gasteiger partial charge in [-0.2, -0.15) is 0 Å². The van der Waals surface area contributed by atoms with Crippen LogP contribution in [-0.4, -0.2) is 45.6 Å². The molecule has 0 saturated heterocycles. The second-order valence-corrected chi connectivity index (χ2v) is 7.96. The number of amides is 1. The molecule has 2 N–H and O–H groups in total. The zero-order valence-electron chi connectivity index (χ0n) is 13.7. The van der Waals surface area contributed by atoms with Crippen molar-refractivity contribution in [3.8, 4) is 0 Å². The highest BCUT2D eigenvalue weighted by Gasteiger charge is 2.26. The number of rotatable bonds is 5. The number of thioether (sulfide) groups is 1. The summed E-state index contributed by atoms with van der Waals surface area (Å²) in [7, 11) is 0. The molecule has 0 bridgehead atoms. The van der Waals surface area contributed by atoms with Gasteiger partial charge in [-0.25, -0.2) is 14.6 Å². The molecule has 0 radical (unpaired) electrons. The number of carboxylic acid groups (broad SMARTS) is 1. The first-order valence-electron chi connectivity index (χ1n) is 7.70. The zero-order chi connectivity index (χ0) is 18.0. The van der Waals surface area contributed by atoms with Crippen molar-refractivity contribution in [2.45, 2.75) is 19.9 Å². The van der Waals surface area contributed by atoms with E-state index in [1.54, 1.807) is 6.07 Å². The summed E-state index contributed by atoms with van der Waals surface area (Å²) in [5, 5.41) is 13.1. The Morgan fingerprint density at radius 2 is 2.24 bits per heavy atom. The number of nitrogens with one attached hydrogen (secondary N) is 1. The van der Waals surface area contributed by atoms with Gasteiger partial charge in [-0.05, 0) is 24.1 Å². The first kappa shape index (κ1) is 17.7. The topological polar surface area (TPSA) is 101 Å². The van der Waals surface area contributed by atoms with Crippen molar-refractivity contribution in [2.24, 2.45) is 10.9 Å². The number of aromatic nitrogens is 1. The van der Waals surface area contributed by atoms with E-state index in [9.17, 15) is 9.59 Å². The molecule has 1 aliphatic rings. The van der Waals surface area contributed by atoms with Gasteiger partial charge in [-0.15, -0.1) is 23.1 Å². The van der Waals surface area contributed by atoms with Gasteiger partial charge in [0.25, 0.3) is 0 Å². The Kier molecular flexibility index (Phi) is 5.24. The summed E-state index contributed by atoms with van der Waals surface area (Å²) < 4.78 is 5.99. The molecular formula is C16H17N3O4S2. The van der Waals surface area contributed by atoms with Crippen molar-refractivity contribution in [1.82, 2.24) is 4.98 Å². The summed E-state index contributed by atoms with van der Waals surface area (Å²) in [6.07, 6.45) is -0.488. The molecule has 7 nitrogen and oxygen atoms in total. The third-order valence-electron chi connectivity index (χ3n) is 3.30. The lowest BCUT2D eigenvalue weighted by Gasteiger charge is -2.08. The van der Waals surface area contributed by atoms with Crippen molar-refractivity contribution in [2.75, 3.05) is 17.7 Å². The SMILES string of the molecule is CC(C)COC(=O)Nc1ccc2nc(C3=NC(C(=O)O)CS3)sc2c1. The van der Waals surface area contributed by atoms with Gasteiger partial charge in [-0.1, -0.05) is 13.8 Å². The Morgan fingerprint density at radius 3 is 2.92 bits per heavy atom. The van der Waals surface area contributed by atoms with Crippen LogP contribution in [0.3, 0.4) is 0 Å². The zero-order valence-corrected chi connectivity index (χ0v) is 15.3. The van der Waals surface area contributed by atoms with Gasteiger partial charge in [0.2, 0.25) is 0 Å². The number of thiazole rings is 1. The number of aliphatic imine (C=N–C) groups is 1. The van der Waals surface area contributed by atoms with E-state index in [1.165, 1.54) is 23.1 Å². The minimum Gasteiger partial charge on any atom is -0.480 e. The van der Waals surface area contributed by atoms with Gasteiger partial charge in [0.15, 0.2) is 6.04 Å². The molecule has 0 aliphatic carbocycles. The minimum atomic E-state index is -0.921. The van der Waals surface area contributed by atoms with E-state index in [0.717, 1.165) is 10.2 Å². The number of hydrogen-bond donors (Lipinski definition) is 2. The van der Waals surface area contributed by atoms with Crippen LogP contribution in [-0.2, 0) is 9.53 Å². The predicted molar refractivity (Wildman–Crippen MR) is 99.8 cm³/mol. The van der Waals surface area contributed by atoms with Gasteiger partial charge in [0.1, 0.15) is 10.1 Å². The second kappa shape index (κ2) is 7.40. The van der Waals surface area contributed by atoms with Crippen LogP contribution in [0.4, 0.5) is 10.5 Å². The summed E-state index contributed by atoms with van der Waals surface area (Å²) in [6, 6.07) is 4.68. The van der Waals surface area contributed by atoms with Gasteiger partial charge in [-0.3, -0.25) is 10.3 Å². The first-order chi connectivity index (χ1) is 11.9. The van der Waals surface area contributed by atoms with E-state index in [4.69, 9.17) is 9.84 Å². The first-order valence-corrected chi connectivity index (χ1v) is 9.50. The van der Waals surface area contributed by atoms with E-state index in [-0.39, 0.29) is 5.92 Å². The molecule has 25 heavy (non-hydrogen) atoms. The van der Waals surface area contributed by atoms with Gasteiger partial charge in [0, 0.05) is 11.4 Å². The number of carbonyl (C=O) groups is 2. The van der Waals surface area contributed by atoms with Gasteiger partial charge in [0.05, 0.1) is 16.8 Å². The fraction of sp³-hybridized carbons (Fsp3) is 0.375. The highest BCUT2D eigenvalue weighted by molar-refractivity contribution is 8.15. The van der Waals surface area contributed by atoms with Crippen molar-refractivity contribution in [3.05, 3.63) is 23.2 Å². The van der Waals surface area contributed by atoms with Crippen LogP contribution < -0.4 is 5.32 Å². The quantitative estimate of drug-likeness (QED) is 0.825. The van der Waals surface area contributed by atoms with E-state index >= 15 is 0 Å². The van der Waals surface area contributed by atoms with Crippen molar-refractivity contribution < 1.29 is 19.4 Å². The van der Waals surface area contributed by atoms with Crippen LogP contribution in [0.5, 0.6) is 0 Å². The standard InChI is InChI=1S/C16H17N3O4S2/c1-8(2)6-23-16(22)17-9-3-4-10-12(5-9)25-14(18-10)13-19-11(7-24-13)15(20)21/h3-5,8,11H,6-7H2,1-2H3,(H,17,22)(H,20,21). The number of benzene rings is 1. The number of anilines is 1. The number of fused-ring (bicyclic) bond motifs is 1. The van der Waals surface area contributed by atoms with E-state index < -0.39 is 18.1 Å². The highest BCUT2D eigenvalue weighted by Crippen LogP contribution is 2.31. The molecule has 1 atom stereocenters. The summed E-state index contributed by atoms with van der Waals surface area (Å²) in [4.78, 5) is 31.4. The Morgan fingerprint density at radius 1 is 1.44 bits per heavy atom.